The van der Waals surface area contributed by atoms with Crippen LogP contribution >= 0.6 is 0 Å². The lowest BCUT2D eigenvalue weighted by atomic mass is 9.93. The fraction of sp³-hybridized carbons (Fsp3) is 0.714. The lowest BCUT2D eigenvalue weighted by molar-refractivity contribution is -0.140. The molecule has 112 valence electrons. The number of hydrogen-bond donors (Lipinski definition) is 3. The third-order valence-corrected chi connectivity index (χ3v) is 4.05. The molecule has 1 aliphatic carbocycles. The molecule has 3 unspecified atom stereocenters. The molecule has 6 nitrogen and oxygen atoms in total. The SMILES string of the molecule is CC(NC(=O)NC1C=CC(C(=O)O)C1)C1CCOCC1. The molecule has 3 N–H and O–H groups in total. The molecule has 2 amide bonds. The predicted octanol–water partition coefficient (Wildman–Crippen LogP) is 1.13. The van der Waals surface area contributed by atoms with Gasteiger partial charge in [-0.1, -0.05) is 12.2 Å². The van der Waals surface area contributed by atoms with Gasteiger partial charge in [-0.2, -0.15) is 0 Å². The molecule has 0 aromatic heterocycles. The molecule has 2 rings (SSSR count). The van der Waals surface area contributed by atoms with Crippen LogP contribution in [0.5, 0.6) is 0 Å². The first kappa shape index (κ1) is 14.8. The Labute approximate surface area is 118 Å². The van der Waals surface area contributed by atoms with Crippen LogP contribution in [0.25, 0.3) is 0 Å². The van der Waals surface area contributed by atoms with Gasteiger partial charge in [-0.15, -0.1) is 0 Å². The number of urea groups is 1. The van der Waals surface area contributed by atoms with E-state index in [0.717, 1.165) is 26.1 Å². The summed E-state index contributed by atoms with van der Waals surface area (Å²) in [7, 11) is 0. The number of rotatable bonds is 4. The van der Waals surface area contributed by atoms with Gasteiger partial charge in [-0.3, -0.25) is 4.79 Å². The van der Waals surface area contributed by atoms with Crippen LogP contribution in [0.1, 0.15) is 26.2 Å². The fourth-order valence-corrected chi connectivity index (χ4v) is 2.74. The van der Waals surface area contributed by atoms with Crippen molar-refractivity contribution in [3.63, 3.8) is 0 Å². The van der Waals surface area contributed by atoms with Gasteiger partial charge in [0.25, 0.3) is 0 Å². The number of carboxylic acid groups (broad SMARTS) is 1. The molecule has 0 bridgehead atoms. The minimum absolute atomic E-state index is 0.0968. The van der Waals surface area contributed by atoms with Crippen molar-refractivity contribution in [1.29, 1.82) is 0 Å². The number of ether oxygens (including phenoxy) is 1. The Bertz CT molecular complexity index is 391. The molecule has 0 aromatic rings. The Morgan fingerprint density at radius 2 is 2.00 bits per heavy atom. The van der Waals surface area contributed by atoms with Crippen molar-refractivity contribution < 1.29 is 19.4 Å². The molecule has 0 radical (unpaired) electrons. The highest BCUT2D eigenvalue weighted by molar-refractivity contribution is 5.76. The van der Waals surface area contributed by atoms with Gasteiger partial charge in [-0.05, 0) is 32.1 Å². The average Bonchev–Trinajstić information content (AvgIpc) is 2.88. The summed E-state index contributed by atoms with van der Waals surface area (Å²) in [6, 6.07) is -0.331. The Hall–Kier alpha value is -1.56. The van der Waals surface area contributed by atoms with Crippen molar-refractivity contribution in [2.45, 2.75) is 38.3 Å². The first-order valence-electron chi connectivity index (χ1n) is 7.12. The lowest BCUT2D eigenvalue weighted by Crippen LogP contribution is -2.47. The molecule has 0 spiro atoms. The van der Waals surface area contributed by atoms with Crippen molar-refractivity contribution >= 4 is 12.0 Å². The standard InChI is InChI=1S/C14H22N2O4/c1-9(10-4-6-20-7-5-10)15-14(19)16-12-3-2-11(8-12)13(17)18/h2-3,9-12H,4-8H2,1H3,(H,17,18)(H2,15,16,19). The van der Waals surface area contributed by atoms with Crippen LogP contribution in [0.2, 0.25) is 0 Å². The van der Waals surface area contributed by atoms with Crippen LogP contribution < -0.4 is 10.6 Å². The highest BCUT2D eigenvalue weighted by atomic mass is 16.5. The molecule has 20 heavy (non-hydrogen) atoms. The molecule has 1 fully saturated rings. The summed E-state index contributed by atoms with van der Waals surface area (Å²) in [5.41, 5.74) is 0. The van der Waals surface area contributed by atoms with Gasteiger partial charge in [0.15, 0.2) is 0 Å². The normalized spacial score (nSPS) is 28.1. The number of nitrogens with one attached hydrogen (secondary N) is 2. The van der Waals surface area contributed by atoms with Crippen molar-refractivity contribution in [2.24, 2.45) is 11.8 Å². The van der Waals surface area contributed by atoms with Crippen LogP contribution in [0, 0.1) is 11.8 Å². The fourth-order valence-electron chi connectivity index (χ4n) is 2.74. The molecule has 0 saturated carbocycles. The molecule has 1 saturated heterocycles. The number of hydrogen-bond acceptors (Lipinski definition) is 3. The first-order valence-corrected chi connectivity index (χ1v) is 7.12. The maximum Gasteiger partial charge on any atom is 0.315 e. The third-order valence-electron chi connectivity index (χ3n) is 4.05. The number of carbonyl (C=O) groups excluding carboxylic acids is 1. The summed E-state index contributed by atoms with van der Waals surface area (Å²) >= 11 is 0. The van der Waals surface area contributed by atoms with Crippen molar-refractivity contribution in [3.8, 4) is 0 Å². The summed E-state index contributed by atoms with van der Waals surface area (Å²) in [5.74, 6) is -0.893. The summed E-state index contributed by atoms with van der Waals surface area (Å²) in [4.78, 5) is 22.7. The molecule has 2 aliphatic rings. The predicted molar refractivity (Wildman–Crippen MR) is 73.3 cm³/mol. The zero-order chi connectivity index (χ0) is 14.5. The Morgan fingerprint density at radius 3 is 2.60 bits per heavy atom. The number of carboxylic acids is 1. The van der Waals surface area contributed by atoms with E-state index in [9.17, 15) is 9.59 Å². The van der Waals surface area contributed by atoms with Gasteiger partial charge in [0.05, 0.1) is 12.0 Å². The molecule has 0 aromatic carbocycles. The molecule has 1 heterocycles. The number of carbonyl (C=O) groups is 2. The van der Waals surface area contributed by atoms with Gasteiger partial charge in [0.2, 0.25) is 0 Å². The van der Waals surface area contributed by atoms with Crippen LogP contribution in [-0.4, -0.2) is 42.4 Å². The van der Waals surface area contributed by atoms with E-state index in [2.05, 4.69) is 10.6 Å². The molecule has 1 aliphatic heterocycles. The Morgan fingerprint density at radius 1 is 1.30 bits per heavy atom. The summed E-state index contributed by atoms with van der Waals surface area (Å²) in [6.07, 6.45) is 5.73. The first-order chi connectivity index (χ1) is 9.56. The van der Waals surface area contributed by atoms with Crippen LogP contribution in [0.4, 0.5) is 4.79 Å². The number of aliphatic carboxylic acids is 1. The molecular formula is C14H22N2O4. The second-order valence-electron chi connectivity index (χ2n) is 5.53. The average molecular weight is 282 g/mol. The summed E-state index contributed by atoms with van der Waals surface area (Å²) < 4.78 is 5.30. The van der Waals surface area contributed by atoms with E-state index >= 15 is 0 Å². The Kier molecular flexibility index (Phi) is 5.00. The smallest absolute Gasteiger partial charge is 0.315 e. The van der Waals surface area contributed by atoms with Gasteiger partial charge < -0.3 is 20.5 Å². The second-order valence-corrected chi connectivity index (χ2v) is 5.53. The van der Waals surface area contributed by atoms with Gasteiger partial charge in [-0.25, -0.2) is 4.79 Å². The van der Waals surface area contributed by atoms with E-state index in [4.69, 9.17) is 9.84 Å². The van der Waals surface area contributed by atoms with Crippen LogP contribution in [0.3, 0.4) is 0 Å². The second kappa shape index (κ2) is 6.74. The van der Waals surface area contributed by atoms with E-state index in [-0.39, 0.29) is 18.1 Å². The van der Waals surface area contributed by atoms with Crippen LogP contribution in [0.15, 0.2) is 12.2 Å². The third kappa shape index (κ3) is 3.96. The van der Waals surface area contributed by atoms with Crippen molar-refractivity contribution in [2.75, 3.05) is 13.2 Å². The topological polar surface area (TPSA) is 87.7 Å². The zero-order valence-corrected chi connectivity index (χ0v) is 11.7. The quantitative estimate of drug-likeness (QED) is 0.674. The molecule has 3 atom stereocenters. The summed E-state index contributed by atoms with van der Waals surface area (Å²) in [5, 5.41) is 14.6. The van der Waals surface area contributed by atoms with Crippen molar-refractivity contribution in [3.05, 3.63) is 12.2 Å². The highest BCUT2D eigenvalue weighted by Crippen LogP contribution is 2.19. The van der Waals surface area contributed by atoms with E-state index in [1.807, 2.05) is 6.92 Å². The maximum absolute atomic E-state index is 11.9. The lowest BCUT2D eigenvalue weighted by Gasteiger charge is -2.28. The van der Waals surface area contributed by atoms with E-state index in [1.165, 1.54) is 0 Å². The molecular weight excluding hydrogens is 260 g/mol. The van der Waals surface area contributed by atoms with E-state index < -0.39 is 11.9 Å². The van der Waals surface area contributed by atoms with E-state index in [0.29, 0.717) is 12.3 Å². The van der Waals surface area contributed by atoms with E-state index in [1.54, 1.807) is 12.2 Å². The number of amides is 2. The maximum atomic E-state index is 11.9. The monoisotopic (exact) mass is 282 g/mol. The summed E-state index contributed by atoms with van der Waals surface area (Å²) in [6.45, 7) is 3.51. The van der Waals surface area contributed by atoms with Gasteiger partial charge in [0.1, 0.15) is 0 Å². The Balaban J connectivity index is 1.73. The highest BCUT2D eigenvalue weighted by Gasteiger charge is 2.26. The van der Waals surface area contributed by atoms with Gasteiger partial charge in [0, 0.05) is 19.3 Å². The zero-order valence-electron chi connectivity index (χ0n) is 11.7. The minimum atomic E-state index is -0.846. The minimum Gasteiger partial charge on any atom is -0.481 e. The van der Waals surface area contributed by atoms with Crippen LogP contribution in [-0.2, 0) is 9.53 Å². The van der Waals surface area contributed by atoms with Crippen molar-refractivity contribution in [1.82, 2.24) is 10.6 Å². The van der Waals surface area contributed by atoms with Gasteiger partial charge >= 0.3 is 12.0 Å². The molecule has 6 heteroatoms. The largest absolute Gasteiger partial charge is 0.481 e.